The lowest BCUT2D eigenvalue weighted by Gasteiger charge is -2.24. The van der Waals surface area contributed by atoms with Crippen molar-refractivity contribution < 1.29 is 0 Å². The SMILES string of the molecule is CCN(c1ccc(CN)nc1)c1cccc2ccccc12. The van der Waals surface area contributed by atoms with Crippen LogP contribution in [0.5, 0.6) is 0 Å². The van der Waals surface area contributed by atoms with Crippen molar-refractivity contribution in [3.05, 3.63) is 66.5 Å². The van der Waals surface area contributed by atoms with Gasteiger partial charge in [-0.1, -0.05) is 36.4 Å². The number of fused-ring (bicyclic) bond motifs is 1. The Kier molecular flexibility index (Phi) is 3.84. The van der Waals surface area contributed by atoms with Crippen molar-refractivity contribution in [2.24, 2.45) is 5.73 Å². The van der Waals surface area contributed by atoms with Gasteiger partial charge in [0.2, 0.25) is 0 Å². The zero-order chi connectivity index (χ0) is 14.7. The van der Waals surface area contributed by atoms with E-state index >= 15 is 0 Å². The summed E-state index contributed by atoms with van der Waals surface area (Å²) in [5, 5.41) is 2.50. The number of anilines is 2. The van der Waals surface area contributed by atoms with Gasteiger partial charge in [0.15, 0.2) is 0 Å². The van der Waals surface area contributed by atoms with Gasteiger partial charge in [-0.2, -0.15) is 0 Å². The summed E-state index contributed by atoms with van der Waals surface area (Å²) in [7, 11) is 0. The van der Waals surface area contributed by atoms with Crippen LogP contribution in [0.25, 0.3) is 10.8 Å². The number of hydrogen-bond donors (Lipinski definition) is 1. The van der Waals surface area contributed by atoms with Crippen LogP contribution in [0.4, 0.5) is 11.4 Å². The van der Waals surface area contributed by atoms with E-state index < -0.39 is 0 Å². The second kappa shape index (κ2) is 5.94. The van der Waals surface area contributed by atoms with Crippen LogP contribution < -0.4 is 10.6 Å². The van der Waals surface area contributed by atoms with Crippen molar-refractivity contribution in [2.45, 2.75) is 13.5 Å². The molecule has 0 saturated heterocycles. The summed E-state index contributed by atoms with van der Waals surface area (Å²) in [5.74, 6) is 0. The largest absolute Gasteiger partial charge is 0.340 e. The van der Waals surface area contributed by atoms with Gasteiger partial charge in [-0.3, -0.25) is 4.98 Å². The predicted molar refractivity (Wildman–Crippen MR) is 88.8 cm³/mol. The fourth-order valence-electron chi connectivity index (χ4n) is 2.63. The van der Waals surface area contributed by atoms with E-state index in [0.29, 0.717) is 6.54 Å². The molecule has 3 rings (SSSR count). The van der Waals surface area contributed by atoms with Gasteiger partial charge in [0.05, 0.1) is 17.6 Å². The standard InChI is InChI=1S/C18H19N3/c1-2-21(16-11-10-15(12-19)20-13-16)18-9-5-7-14-6-3-4-8-17(14)18/h3-11,13H,2,12,19H2,1H3. The summed E-state index contributed by atoms with van der Waals surface area (Å²) >= 11 is 0. The molecule has 1 heterocycles. The monoisotopic (exact) mass is 277 g/mol. The second-order valence-electron chi connectivity index (χ2n) is 4.95. The van der Waals surface area contributed by atoms with Gasteiger partial charge in [0.1, 0.15) is 0 Å². The van der Waals surface area contributed by atoms with E-state index in [1.165, 1.54) is 16.5 Å². The zero-order valence-corrected chi connectivity index (χ0v) is 12.2. The summed E-state index contributed by atoms with van der Waals surface area (Å²) in [6, 6.07) is 18.9. The maximum atomic E-state index is 5.62. The normalized spacial score (nSPS) is 10.8. The average Bonchev–Trinajstić information content (AvgIpc) is 2.56. The Bertz CT molecular complexity index is 730. The number of aromatic nitrogens is 1. The van der Waals surface area contributed by atoms with Crippen LogP contribution in [-0.4, -0.2) is 11.5 Å². The molecular weight excluding hydrogens is 258 g/mol. The topological polar surface area (TPSA) is 42.1 Å². The Hall–Kier alpha value is -2.39. The first-order valence-corrected chi connectivity index (χ1v) is 7.23. The van der Waals surface area contributed by atoms with Crippen molar-refractivity contribution in [3.8, 4) is 0 Å². The van der Waals surface area contributed by atoms with E-state index in [1.54, 1.807) is 0 Å². The van der Waals surface area contributed by atoms with Gasteiger partial charge in [0, 0.05) is 24.2 Å². The van der Waals surface area contributed by atoms with Crippen molar-refractivity contribution in [3.63, 3.8) is 0 Å². The lowest BCUT2D eigenvalue weighted by molar-refractivity contribution is 0.970. The highest BCUT2D eigenvalue weighted by molar-refractivity contribution is 5.96. The van der Waals surface area contributed by atoms with Crippen molar-refractivity contribution >= 4 is 22.1 Å². The van der Waals surface area contributed by atoms with Crippen LogP contribution in [-0.2, 0) is 6.54 Å². The molecule has 0 radical (unpaired) electrons. The summed E-state index contributed by atoms with van der Waals surface area (Å²) in [6.07, 6.45) is 1.90. The minimum Gasteiger partial charge on any atom is -0.340 e. The Morgan fingerprint density at radius 2 is 1.81 bits per heavy atom. The summed E-state index contributed by atoms with van der Waals surface area (Å²) < 4.78 is 0. The predicted octanol–water partition coefficient (Wildman–Crippen LogP) is 3.85. The van der Waals surface area contributed by atoms with Crippen LogP contribution in [0.3, 0.4) is 0 Å². The van der Waals surface area contributed by atoms with Crippen LogP contribution in [0.1, 0.15) is 12.6 Å². The molecule has 0 atom stereocenters. The second-order valence-corrected chi connectivity index (χ2v) is 4.95. The first-order valence-electron chi connectivity index (χ1n) is 7.23. The van der Waals surface area contributed by atoms with Crippen LogP contribution in [0, 0.1) is 0 Å². The minimum absolute atomic E-state index is 0.473. The van der Waals surface area contributed by atoms with Crippen molar-refractivity contribution in [1.82, 2.24) is 4.98 Å². The number of hydrogen-bond acceptors (Lipinski definition) is 3. The molecule has 3 nitrogen and oxygen atoms in total. The number of rotatable bonds is 4. The molecule has 2 N–H and O–H groups in total. The fourth-order valence-corrected chi connectivity index (χ4v) is 2.63. The average molecular weight is 277 g/mol. The molecule has 0 aliphatic heterocycles. The van der Waals surface area contributed by atoms with Crippen LogP contribution >= 0.6 is 0 Å². The number of pyridine rings is 1. The zero-order valence-electron chi connectivity index (χ0n) is 12.2. The smallest absolute Gasteiger partial charge is 0.0597 e. The van der Waals surface area contributed by atoms with E-state index in [0.717, 1.165) is 17.9 Å². The molecule has 1 aromatic heterocycles. The molecule has 0 spiro atoms. The van der Waals surface area contributed by atoms with E-state index in [1.807, 2.05) is 12.3 Å². The first kappa shape index (κ1) is 13.6. The maximum absolute atomic E-state index is 5.62. The third-order valence-electron chi connectivity index (χ3n) is 3.70. The molecule has 0 fully saturated rings. The summed E-state index contributed by atoms with van der Waals surface area (Å²) in [6.45, 7) is 3.51. The van der Waals surface area contributed by atoms with E-state index in [-0.39, 0.29) is 0 Å². The molecule has 0 amide bonds. The Labute approximate surface area is 125 Å². The first-order chi connectivity index (χ1) is 10.3. The highest BCUT2D eigenvalue weighted by Crippen LogP contribution is 2.31. The minimum atomic E-state index is 0.473. The molecule has 0 unspecified atom stereocenters. The van der Waals surface area contributed by atoms with E-state index in [9.17, 15) is 0 Å². The molecule has 21 heavy (non-hydrogen) atoms. The molecule has 2 aromatic carbocycles. The maximum Gasteiger partial charge on any atom is 0.0597 e. The van der Waals surface area contributed by atoms with Crippen molar-refractivity contribution in [1.29, 1.82) is 0 Å². The molecule has 0 saturated carbocycles. The molecule has 0 bridgehead atoms. The highest BCUT2D eigenvalue weighted by atomic mass is 15.1. The van der Waals surface area contributed by atoms with Gasteiger partial charge >= 0.3 is 0 Å². The number of nitrogens with zero attached hydrogens (tertiary/aromatic N) is 2. The molecule has 3 aromatic rings. The molecule has 3 heteroatoms. The third-order valence-corrected chi connectivity index (χ3v) is 3.70. The molecule has 106 valence electrons. The Morgan fingerprint density at radius 3 is 2.52 bits per heavy atom. The summed E-state index contributed by atoms with van der Waals surface area (Å²) in [5.41, 5.74) is 8.82. The van der Waals surface area contributed by atoms with Crippen molar-refractivity contribution in [2.75, 3.05) is 11.4 Å². The molecule has 0 aliphatic carbocycles. The quantitative estimate of drug-likeness (QED) is 0.787. The molecule has 0 aliphatic rings. The van der Waals surface area contributed by atoms with Gasteiger partial charge in [-0.15, -0.1) is 0 Å². The van der Waals surface area contributed by atoms with Crippen LogP contribution in [0.2, 0.25) is 0 Å². The fraction of sp³-hybridized carbons (Fsp3) is 0.167. The van der Waals surface area contributed by atoms with E-state index in [2.05, 4.69) is 65.3 Å². The van der Waals surface area contributed by atoms with Gasteiger partial charge < -0.3 is 10.6 Å². The lowest BCUT2D eigenvalue weighted by atomic mass is 10.1. The third kappa shape index (κ3) is 2.60. The lowest BCUT2D eigenvalue weighted by Crippen LogP contribution is -2.16. The van der Waals surface area contributed by atoms with Gasteiger partial charge in [-0.05, 0) is 30.5 Å². The van der Waals surface area contributed by atoms with Crippen LogP contribution in [0.15, 0.2) is 60.8 Å². The van der Waals surface area contributed by atoms with Gasteiger partial charge in [-0.25, -0.2) is 0 Å². The van der Waals surface area contributed by atoms with E-state index in [4.69, 9.17) is 5.73 Å². The molecular formula is C18H19N3. The summed E-state index contributed by atoms with van der Waals surface area (Å²) in [4.78, 5) is 6.68. The van der Waals surface area contributed by atoms with Gasteiger partial charge in [0.25, 0.3) is 0 Å². The Morgan fingerprint density at radius 1 is 1.00 bits per heavy atom. The number of nitrogens with two attached hydrogens (primary N) is 1. The highest BCUT2D eigenvalue weighted by Gasteiger charge is 2.10. The Balaban J connectivity index is 2.09. The number of benzene rings is 2.